The largest absolute Gasteiger partial charge is 0.383 e. The minimum atomic E-state index is -0.796. The maximum Gasteiger partial charge on any atom is 0.108 e. The van der Waals surface area contributed by atoms with Gasteiger partial charge in [0.05, 0.1) is 6.54 Å². The number of pyridine rings is 1. The highest BCUT2D eigenvalue weighted by molar-refractivity contribution is 5.87. The molecule has 0 amide bonds. The molecule has 0 bridgehead atoms. The highest BCUT2D eigenvalue weighted by Gasteiger charge is 2.40. The van der Waals surface area contributed by atoms with Gasteiger partial charge in [-0.25, -0.2) is 0 Å². The van der Waals surface area contributed by atoms with Crippen LogP contribution in [0.5, 0.6) is 0 Å². The van der Waals surface area contributed by atoms with Crippen LogP contribution in [-0.2, 0) is 25.0 Å². The monoisotopic (exact) mass is 373 g/mol. The van der Waals surface area contributed by atoms with E-state index in [1.165, 1.54) is 47.1 Å². The third-order valence-electron chi connectivity index (χ3n) is 7.33. The molecule has 1 aromatic carbocycles. The molecular weight excluding hydrogens is 346 g/mol. The first kappa shape index (κ1) is 16.8. The molecular formula is C24H27N3O. The summed E-state index contributed by atoms with van der Waals surface area (Å²) in [5, 5.41) is 13.1. The van der Waals surface area contributed by atoms with E-state index < -0.39 is 5.60 Å². The highest BCUT2D eigenvalue weighted by Crippen LogP contribution is 2.45. The Balaban J connectivity index is 1.53. The fourth-order valence-corrected chi connectivity index (χ4v) is 6.02. The number of rotatable bonds is 2. The van der Waals surface area contributed by atoms with Crippen LogP contribution in [0.4, 0.5) is 0 Å². The number of aliphatic hydroxyl groups is 1. The van der Waals surface area contributed by atoms with Gasteiger partial charge in [-0.15, -0.1) is 0 Å². The van der Waals surface area contributed by atoms with Crippen molar-refractivity contribution in [3.05, 3.63) is 64.6 Å². The van der Waals surface area contributed by atoms with Gasteiger partial charge in [-0.3, -0.25) is 9.88 Å². The Kier molecular flexibility index (Phi) is 3.54. The van der Waals surface area contributed by atoms with Crippen LogP contribution in [0.15, 0.2) is 36.7 Å². The van der Waals surface area contributed by atoms with Gasteiger partial charge in [-0.2, -0.15) is 0 Å². The Morgan fingerprint density at radius 2 is 2.14 bits per heavy atom. The molecule has 144 valence electrons. The lowest BCUT2D eigenvalue weighted by molar-refractivity contribution is 0.0205. The lowest BCUT2D eigenvalue weighted by Gasteiger charge is -2.32. The first-order valence-corrected chi connectivity index (χ1v) is 10.7. The standard InChI is InChI=1S/C24H27N3O/c1-16-4-5-20-18(13-16)23-21-3-2-11-26(21)12-8-22(23)27(20)15-24(28)9-6-17-14-25-10-7-19(17)24/h4-5,7,10,13-14,21,28H,2-3,6,8-9,11-12,15H2,1H3. The van der Waals surface area contributed by atoms with Gasteiger partial charge in [-0.1, -0.05) is 11.6 Å². The molecule has 1 saturated heterocycles. The predicted molar refractivity (Wildman–Crippen MR) is 110 cm³/mol. The Morgan fingerprint density at radius 1 is 1.21 bits per heavy atom. The zero-order valence-electron chi connectivity index (χ0n) is 16.5. The second kappa shape index (κ2) is 5.91. The van der Waals surface area contributed by atoms with Crippen LogP contribution in [0.3, 0.4) is 0 Å². The van der Waals surface area contributed by atoms with Crippen LogP contribution in [-0.4, -0.2) is 32.6 Å². The lowest BCUT2D eigenvalue weighted by Crippen LogP contribution is -2.34. The summed E-state index contributed by atoms with van der Waals surface area (Å²) < 4.78 is 2.45. The second-order valence-electron chi connectivity index (χ2n) is 8.98. The molecule has 4 heteroatoms. The van der Waals surface area contributed by atoms with Crippen molar-refractivity contribution in [1.29, 1.82) is 0 Å². The zero-order valence-corrected chi connectivity index (χ0v) is 16.5. The Labute approximate surface area is 165 Å². The van der Waals surface area contributed by atoms with E-state index in [-0.39, 0.29) is 0 Å². The van der Waals surface area contributed by atoms with E-state index in [4.69, 9.17) is 0 Å². The number of benzene rings is 1. The van der Waals surface area contributed by atoms with Crippen molar-refractivity contribution in [3.8, 4) is 0 Å². The molecule has 4 heterocycles. The number of hydrogen-bond acceptors (Lipinski definition) is 3. The SMILES string of the molecule is Cc1ccc2c(c1)c1c(n2CC2(O)CCc3cnccc32)CCN2CCCC12. The molecule has 0 radical (unpaired) electrons. The van der Waals surface area contributed by atoms with Crippen molar-refractivity contribution < 1.29 is 5.11 Å². The summed E-state index contributed by atoms with van der Waals surface area (Å²) in [6.07, 6.45) is 9.08. The Hall–Kier alpha value is -2.17. The van der Waals surface area contributed by atoms with Crippen LogP contribution in [0.1, 0.15) is 53.3 Å². The average molecular weight is 374 g/mol. The van der Waals surface area contributed by atoms with Crippen molar-refractivity contribution in [1.82, 2.24) is 14.5 Å². The fraction of sp³-hybridized carbons (Fsp3) is 0.458. The minimum absolute atomic E-state index is 0.559. The van der Waals surface area contributed by atoms with Gasteiger partial charge in [0.1, 0.15) is 5.60 Å². The molecule has 2 atom stereocenters. The van der Waals surface area contributed by atoms with Gasteiger partial charge in [0.2, 0.25) is 0 Å². The molecule has 2 aliphatic heterocycles. The normalized spacial score (nSPS) is 26.4. The van der Waals surface area contributed by atoms with E-state index in [0.717, 1.165) is 31.4 Å². The van der Waals surface area contributed by atoms with Gasteiger partial charge in [0, 0.05) is 48.0 Å². The zero-order chi connectivity index (χ0) is 18.9. The molecule has 4 nitrogen and oxygen atoms in total. The first-order valence-electron chi connectivity index (χ1n) is 10.7. The molecule has 2 aromatic heterocycles. The van der Waals surface area contributed by atoms with Gasteiger partial charge in [0.25, 0.3) is 0 Å². The summed E-state index contributed by atoms with van der Waals surface area (Å²) in [5.41, 5.74) is 7.09. The van der Waals surface area contributed by atoms with Crippen molar-refractivity contribution in [3.63, 3.8) is 0 Å². The maximum absolute atomic E-state index is 11.7. The molecule has 28 heavy (non-hydrogen) atoms. The third kappa shape index (κ3) is 2.28. The number of fused-ring (bicyclic) bond motifs is 6. The summed E-state index contributed by atoms with van der Waals surface area (Å²) in [4.78, 5) is 6.93. The van der Waals surface area contributed by atoms with Gasteiger partial charge < -0.3 is 9.67 Å². The van der Waals surface area contributed by atoms with Gasteiger partial charge in [-0.05, 0) is 74.0 Å². The predicted octanol–water partition coefficient (Wildman–Crippen LogP) is 3.87. The van der Waals surface area contributed by atoms with Crippen molar-refractivity contribution in [2.24, 2.45) is 0 Å². The molecule has 0 saturated carbocycles. The number of hydrogen-bond donors (Lipinski definition) is 1. The van der Waals surface area contributed by atoms with Crippen LogP contribution in [0.25, 0.3) is 10.9 Å². The van der Waals surface area contributed by atoms with Crippen LogP contribution in [0.2, 0.25) is 0 Å². The van der Waals surface area contributed by atoms with Crippen molar-refractivity contribution in [2.75, 3.05) is 13.1 Å². The molecule has 3 aromatic rings. The molecule has 1 N–H and O–H groups in total. The Morgan fingerprint density at radius 3 is 3.07 bits per heavy atom. The van der Waals surface area contributed by atoms with Crippen LogP contribution >= 0.6 is 0 Å². The number of aryl methyl sites for hydroxylation is 2. The highest BCUT2D eigenvalue weighted by atomic mass is 16.3. The Bertz CT molecular complexity index is 1080. The third-order valence-corrected chi connectivity index (χ3v) is 7.33. The quantitative estimate of drug-likeness (QED) is 0.741. The second-order valence-corrected chi connectivity index (χ2v) is 8.98. The number of aromatic nitrogens is 2. The molecule has 6 rings (SSSR count). The first-order chi connectivity index (χ1) is 13.6. The van der Waals surface area contributed by atoms with E-state index in [1.54, 1.807) is 5.56 Å². The molecule has 0 spiro atoms. The van der Waals surface area contributed by atoms with E-state index >= 15 is 0 Å². The smallest absolute Gasteiger partial charge is 0.108 e. The summed E-state index contributed by atoms with van der Waals surface area (Å²) in [7, 11) is 0. The van der Waals surface area contributed by atoms with E-state index in [1.807, 2.05) is 18.5 Å². The summed E-state index contributed by atoms with van der Waals surface area (Å²) in [5.74, 6) is 0. The molecule has 1 aliphatic carbocycles. The van der Waals surface area contributed by atoms with E-state index in [0.29, 0.717) is 12.6 Å². The topological polar surface area (TPSA) is 41.3 Å². The van der Waals surface area contributed by atoms with E-state index in [9.17, 15) is 5.11 Å². The van der Waals surface area contributed by atoms with Crippen LogP contribution < -0.4 is 0 Å². The summed E-state index contributed by atoms with van der Waals surface area (Å²) >= 11 is 0. The lowest BCUT2D eigenvalue weighted by atomic mass is 9.94. The summed E-state index contributed by atoms with van der Waals surface area (Å²) in [6, 6.07) is 9.43. The molecule has 1 fully saturated rings. The van der Waals surface area contributed by atoms with Gasteiger partial charge >= 0.3 is 0 Å². The van der Waals surface area contributed by atoms with Crippen molar-refractivity contribution >= 4 is 10.9 Å². The maximum atomic E-state index is 11.7. The number of nitrogens with zero attached hydrogens (tertiary/aromatic N) is 3. The molecule has 2 unspecified atom stereocenters. The molecule has 3 aliphatic rings. The van der Waals surface area contributed by atoms with Crippen LogP contribution in [0, 0.1) is 6.92 Å². The fourth-order valence-electron chi connectivity index (χ4n) is 6.02. The van der Waals surface area contributed by atoms with E-state index in [2.05, 4.69) is 39.6 Å². The summed E-state index contributed by atoms with van der Waals surface area (Å²) in [6.45, 7) is 5.20. The minimum Gasteiger partial charge on any atom is -0.383 e. The average Bonchev–Trinajstić information content (AvgIpc) is 3.38. The van der Waals surface area contributed by atoms with Crippen molar-refractivity contribution in [2.45, 2.75) is 57.2 Å². The van der Waals surface area contributed by atoms with Gasteiger partial charge in [0.15, 0.2) is 0 Å².